The Bertz CT molecular complexity index is 1020. The second-order valence-electron chi connectivity index (χ2n) is 13.5. The van der Waals surface area contributed by atoms with Gasteiger partial charge in [0.1, 0.15) is 0 Å². The molecule has 0 bridgehead atoms. The minimum absolute atomic E-state index is 0.187. The fourth-order valence-corrected chi connectivity index (χ4v) is 81.9. The summed E-state index contributed by atoms with van der Waals surface area (Å²) >= 11 is -2.93. The van der Waals surface area contributed by atoms with Crippen molar-refractivity contribution < 1.29 is 20.9 Å². The van der Waals surface area contributed by atoms with Crippen molar-refractivity contribution >= 4 is 27.6 Å². The maximum absolute atomic E-state index is 14.0. The second-order valence-corrected chi connectivity index (χ2v) is 44.2. The van der Waals surface area contributed by atoms with E-state index in [0.29, 0.717) is 11.1 Å². The van der Waals surface area contributed by atoms with Gasteiger partial charge in [-0.3, -0.25) is 0 Å². The molecule has 1 saturated heterocycles. The second kappa shape index (κ2) is 7.38. The fraction of sp³-hybridized carbons (Fsp3) is 0.500. The third-order valence-corrected chi connectivity index (χ3v) is 56.9. The summed E-state index contributed by atoms with van der Waals surface area (Å²) in [6.45, 7) is 25.5. The van der Waals surface area contributed by atoms with Gasteiger partial charge in [-0.05, 0) is 0 Å². The van der Waals surface area contributed by atoms with Gasteiger partial charge in [0.2, 0.25) is 0 Å². The Hall–Kier alpha value is -0.725. The monoisotopic (exact) mass is 515 g/mol. The van der Waals surface area contributed by atoms with Gasteiger partial charge in [0.25, 0.3) is 0 Å². The SMILES string of the molecule is C[C](C)(C)[Ti]1([CH]([Si](C)(C)C)[Si](C)(C)C)[NH]C(=O)[Si]1(C)C1c2ccccc2-c2ccccc21. The molecule has 1 N–H and O–H groups in total. The van der Waals surface area contributed by atoms with Gasteiger partial charge in [-0.15, -0.1) is 0 Å². The van der Waals surface area contributed by atoms with Crippen molar-refractivity contribution in [2.45, 2.75) is 79.3 Å². The molecule has 2 unspecified atom stereocenters. The van der Waals surface area contributed by atoms with Crippen molar-refractivity contribution in [3.8, 4) is 11.1 Å². The zero-order chi connectivity index (χ0) is 23.9. The van der Waals surface area contributed by atoms with Gasteiger partial charge >= 0.3 is 202 Å². The van der Waals surface area contributed by atoms with Gasteiger partial charge in [-0.2, -0.15) is 0 Å². The van der Waals surface area contributed by atoms with E-state index in [2.05, 4.69) is 119 Å². The van der Waals surface area contributed by atoms with Crippen LogP contribution in [-0.2, 0) is 16.1 Å². The Morgan fingerprint density at radius 1 is 0.844 bits per heavy atom. The summed E-state index contributed by atoms with van der Waals surface area (Å²) < 4.78 is 4.90. The Kier molecular flexibility index (Phi) is 5.63. The van der Waals surface area contributed by atoms with E-state index in [1.54, 1.807) is 0 Å². The van der Waals surface area contributed by atoms with Crippen LogP contribution in [0.4, 0.5) is 4.79 Å². The number of carbonyl (C=O) groups excluding carboxylic acids is 1. The number of benzene rings is 2. The van der Waals surface area contributed by atoms with Gasteiger partial charge in [0.05, 0.1) is 0 Å². The first kappa shape index (κ1) is 24.4. The molecule has 2 aromatic carbocycles. The normalized spacial score (nSPS) is 25.9. The molecule has 1 aliphatic carbocycles. The molecule has 172 valence electrons. The van der Waals surface area contributed by atoms with Crippen LogP contribution in [0.1, 0.15) is 37.4 Å². The number of hydrogen-bond acceptors (Lipinski definition) is 1. The Balaban J connectivity index is 2.06. The van der Waals surface area contributed by atoms with E-state index < -0.39 is 38.2 Å². The number of amides is 1. The average molecular weight is 516 g/mol. The van der Waals surface area contributed by atoms with E-state index >= 15 is 0 Å². The standard InChI is InChI=1S/C15H14NOSi.C7H19Si2.C4H9.Ti/c1-18(15(16)17)14-12-8-4-2-6-10(12)11-7-3-5-9-13(11)14;1-8(2,3)7-9(4,5)6;1-4(2)3;/h2-9,14H,1H3,(H2,16,17);7H,1-6H3;1-3H3;/q;;;+1/p-1. The Morgan fingerprint density at radius 2 is 1.25 bits per heavy atom. The van der Waals surface area contributed by atoms with Crippen LogP contribution >= 0.6 is 0 Å². The first-order valence-electron chi connectivity index (χ1n) is 12.1. The molecule has 0 saturated carbocycles. The predicted molar refractivity (Wildman–Crippen MR) is 144 cm³/mol. The number of nitrogens with one attached hydrogen (secondary N) is 1. The van der Waals surface area contributed by atoms with Crippen LogP contribution in [0.3, 0.4) is 0 Å². The number of carbonyl (C=O) groups is 1. The quantitative estimate of drug-likeness (QED) is 0.410. The Labute approximate surface area is 201 Å². The Morgan fingerprint density at radius 3 is 1.59 bits per heavy atom. The zero-order valence-corrected chi connectivity index (χ0v) is 26.2. The van der Waals surface area contributed by atoms with Crippen LogP contribution in [-0.4, -0.2) is 27.6 Å². The number of hydrogen-bond donors (Lipinski definition) is 1. The van der Waals surface area contributed by atoms with Crippen molar-refractivity contribution in [2.75, 3.05) is 0 Å². The fourth-order valence-electron chi connectivity index (χ4n) is 8.06. The molecule has 32 heavy (non-hydrogen) atoms. The zero-order valence-electron chi connectivity index (χ0n) is 21.7. The first-order valence-corrected chi connectivity index (χ1v) is 26.6. The molecule has 0 radical (unpaired) electrons. The van der Waals surface area contributed by atoms with Crippen LogP contribution in [0.15, 0.2) is 48.5 Å². The maximum atomic E-state index is 14.0. The van der Waals surface area contributed by atoms with Gasteiger partial charge in [-0.1, -0.05) is 0 Å². The molecular formula is C26H41NOSi3Ti. The van der Waals surface area contributed by atoms with Gasteiger partial charge in [0.15, 0.2) is 0 Å². The summed E-state index contributed by atoms with van der Waals surface area (Å²) in [5.41, 5.74) is 6.35. The summed E-state index contributed by atoms with van der Waals surface area (Å²) in [4.78, 5) is 14.0. The van der Waals surface area contributed by atoms with Crippen LogP contribution in [0, 0.1) is 0 Å². The molecule has 1 heterocycles. The summed E-state index contributed by atoms with van der Waals surface area (Å²) in [5, 5.41) is 0. The molecular weight excluding hydrogens is 474 g/mol. The number of fused-ring (bicyclic) bond motifs is 3. The van der Waals surface area contributed by atoms with E-state index in [1.165, 1.54) is 22.3 Å². The third-order valence-electron chi connectivity index (χ3n) is 8.36. The third kappa shape index (κ3) is 3.14. The van der Waals surface area contributed by atoms with Crippen LogP contribution < -0.4 is 3.80 Å². The van der Waals surface area contributed by atoms with E-state index in [1.807, 2.05) is 0 Å². The van der Waals surface area contributed by atoms with Crippen molar-refractivity contribution in [3.05, 3.63) is 59.7 Å². The van der Waals surface area contributed by atoms with E-state index in [-0.39, 0.29) is 3.72 Å². The molecule has 2 aromatic rings. The molecule has 6 heteroatoms. The minimum atomic E-state index is -2.93. The predicted octanol–water partition coefficient (Wildman–Crippen LogP) is 8.05. The molecule has 2 nitrogen and oxygen atoms in total. The van der Waals surface area contributed by atoms with Crippen LogP contribution in [0.5, 0.6) is 0 Å². The summed E-state index contributed by atoms with van der Waals surface area (Å²) in [5.74, 6) is -2.36. The average Bonchev–Trinajstić information content (AvgIpc) is 2.98. The molecule has 2 aliphatic rings. The van der Waals surface area contributed by atoms with Crippen molar-refractivity contribution in [1.82, 2.24) is 3.80 Å². The first-order chi connectivity index (χ1) is 14.6. The molecule has 0 spiro atoms. The van der Waals surface area contributed by atoms with Gasteiger partial charge < -0.3 is 0 Å². The topological polar surface area (TPSA) is 29.1 Å². The van der Waals surface area contributed by atoms with Gasteiger partial charge in [-0.25, -0.2) is 0 Å². The molecule has 2 atom stereocenters. The molecule has 0 aromatic heterocycles. The molecule has 4 rings (SSSR count). The van der Waals surface area contributed by atoms with Gasteiger partial charge in [0, 0.05) is 0 Å². The molecule has 1 amide bonds. The van der Waals surface area contributed by atoms with Crippen molar-refractivity contribution in [2.24, 2.45) is 0 Å². The van der Waals surface area contributed by atoms with Crippen molar-refractivity contribution in [3.63, 3.8) is 0 Å². The molecule has 1 aliphatic heterocycles. The van der Waals surface area contributed by atoms with E-state index in [9.17, 15) is 4.79 Å². The number of rotatable bonds is 4. The summed E-state index contributed by atoms with van der Waals surface area (Å²) in [7, 11) is -3.05. The van der Waals surface area contributed by atoms with Crippen molar-refractivity contribution in [1.29, 1.82) is 0 Å². The van der Waals surface area contributed by atoms with Crippen LogP contribution in [0.25, 0.3) is 11.1 Å². The molecule has 1 fully saturated rings. The van der Waals surface area contributed by atoms with E-state index in [0.717, 1.165) is 3.47 Å². The summed E-state index contributed by atoms with van der Waals surface area (Å²) in [6, 6.07) is 17.9. The summed E-state index contributed by atoms with van der Waals surface area (Å²) in [6.07, 6.45) is 0. The van der Waals surface area contributed by atoms with Crippen LogP contribution in [0.2, 0.25) is 53.0 Å². The van der Waals surface area contributed by atoms with E-state index in [4.69, 9.17) is 0 Å².